The van der Waals surface area contributed by atoms with Crippen molar-refractivity contribution in [2.24, 2.45) is 0 Å². The summed E-state index contributed by atoms with van der Waals surface area (Å²) in [6.07, 6.45) is 0. The largest absolute Gasteiger partial charge is 0.310 e. The van der Waals surface area contributed by atoms with Crippen molar-refractivity contribution in [1.82, 2.24) is 4.57 Å². The molecule has 0 amide bonds. The molecule has 11 aromatic rings. The fourth-order valence-electron chi connectivity index (χ4n) is 10.1. The molecule has 0 spiro atoms. The van der Waals surface area contributed by atoms with Crippen molar-refractivity contribution < 1.29 is 0 Å². The normalized spacial score (nSPS) is 12.9. The highest BCUT2D eigenvalue weighted by Crippen LogP contribution is 2.52. The maximum atomic E-state index is 2.47. The Bertz CT molecular complexity index is 3470. The van der Waals surface area contributed by atoms with Crippen LogP contribution < -0.4 is 4.90 Å². The average molecular weight is 779 g/mol. The molecule has 288 valence electrons. The van der Waals surface area contributed by atoms with Gasteiger partial charge in [-0.15, -0.1) is 0 Å². The van der Waals surface area contributed by atoms with Crippen LogP contribution in [-0.2, 0) is 5.41 Å². The standard InChI is InChI=1S/C59H42N2/c1-59(2)54-20-12-11-19-50(54)58-51-38-53-52-36-44(29-34-56(52)61(47-17-7-4-8-18-47)57(53)37-45(51)28-33-55(58)59)42-23-21-40(22-24-42)41-25-30-48(31-26-41)60(46-15-5-3-6-16-46)49-32-27-39-13-9-10-14-43(39)35-49/h3-38H,1-2H3. The molecule has 0 fully saturated rings. The second kappa shape index (κ2) is 13.7. The summed E-state index contributed by atoms with van der Waals surface area (Å²) in [4.78, 5) is 2.33. The van der Waals surface area contributed by atoms with Crippen LogP contribution in [0, 0.1) is 0 Å². The molecule has 0 saturated carbocycles. The first kappa shape index (κ1) is 35.3. The van der Waals surface area contributed by atoms with Crippen LogP contribution in [0.4, 0.5) is 17.1 Å². The molecule has 10 aromatic carbocycles. The topological polar surface area (TPSA) is 8.17 Å². The van der Waals surface area contributed by atoms with Crippen molar-refractivity contribution in [3.63, 3.8) is 0 Å². The summed E-state index contributed by atoms with van der Waals surface area (Å²) in [6.45, 7) is 4.73. The molecule has 0 saturated heterocycles. The van der Waals surface area contributed by atoms with E-state index in [4.69, 9.17) is 0 Å². The highest BCUT2D eigenvalue weighted by molar-refractivity contribution is 6.17. The van der Waals surface area contributed by atoms with E-state index in [1.807, 2.05) is 0 Å². The third-order valence-electron chi connectivity index (χ3n) is 13.1. The van der Waals surface area contributed by atoms with Crippen molar-refractivity contribution in [1.29, 1.82) is 0 Å². The first-order valence-electron chi connectivity index (χ1n) is 21.3. The fourth-order valence-corrected chi connectivity index (χ4v) is 10.1. The van der Waals surface area contributed by atoms with Gasteiger partial charge in [0.05, 0.1) is 11.0 Å². The van der Waals surface area contributed by atoms with Gasteiger partial charge >= 0.3 is 0 Å². The summed E-state index contributed by atoms with van der Waals surface area (Å²) in [6, 6.07) is 80.2. The Morgan fingerprint density at radius 2 is 0.934 bits per heavy atom. The predicted octanol–water partition coefficient (Wildman–Crippen LogP) is 16.2. The van der Waals surface area contributed by atoms with Gasteiger partial charge in [-0.1, -0.05) is 159 Å². The van der Waals surface area contributed by atoms with Crippen molar-refractivity contribution in [2.45, 2.75) is 19.3 Å². The molecule has 1 heterocycles. The lowest BCUT2D eigenvalue weighted by molar-refractivity contribution is 0.661. The van der Waals surface area contributed by atoms with E-state index in [1.165, 1.54) is 93.5 Å². The zero-order valence-corrected chi connectivity index (χ0v) is 34.2. The number of fused-ring (bicyclic) bond motifs is 9. The van der Waals surface area contributed by atoms with Crippen molar-refractivity contribution in [2.75, 3.05) is 4.90 Å². The SMILES string of the molecule is CC1(C)c2ccccc2-c2c1ccc1cc3c(cc21)c1cc(-c2ccc(-c4ccc(N(c5ccccc5)c5ccc6ccccc6c5)cc4)cc2)ccc1n3-c1ccccc1. The number of hydrogen-bond acceptors (Lipinski definition) is 1. The summed E-state index contributed by atoms with van der Waals surface area (Å²) in [5, 5.41) is 7.59. The molecule has 61 heavy (non-hydrogen) atoms. The fraction of sp³-hybridized carbons (Fsp3) is 0.0508. The van der Waals surface area contributed by atoms with Crippen LogP contribution in [0.2, 0.25) is 0 Å². The summed E-state index contributed by atoms with van der Waals surface area (Å²) < 4.78 is 2.44. The summed E-state index contributed by atoms with van der Waals surface area (Å²) in [5.74, 6) is 0. The zero-order valence-electron chi connectivity index (χ0n) is 34.2. The van der Waals surface area contributed by atoms with Crippen LogP contribution in [-0.4, -0.2) is 4.57 Å². The van der Waals surface area contributed by atoms with Crippen LogP contribution in [0.5, 0.6) is 0 Å². The Labute approximate surface area is 356 Å². The van der Waals surface area contributed by atoms with Crippen LogP contribution >= 0.6 is 0 Å². The number of hydrogen-bond donors (Lipinski definition) is 0. The molecular formula is C59H42N2. The second-order valence-electron chi connectivity index (χ2n) is 17.0. The third-order valence-corrected chi connectivity index (χ3v) is 13.1. The molecule has 0 N–H and O–H groups in total. The van der Waals surface area contributed by atoms with Gasteiger partial charge in [0.15, 0.2) is 0 Å². The Hall–Kier alpha value is -7.68. The van der Waals surface area contributed by atoms with E-state index in [0.29, 0.717) is 0 Å². The minimum atomic E-state index is -0.0467. The quantitative estimate of drug-likeness (QED) is 0.163. The minimum absolute atomic E-state index is 0.0467. The molecule has 0 atom stereocenters. The third kappa shape index (κ3) is 5.64. The summed E-state index contributed by atoms with van der Waals surface area (Å²) in [5.41, 5.74) is 17.3. The van der Waals surface area contributed by atoms with Gasteiger partial charge in [0, 0.05) is 38.9 Å². The van der Waals surface area contributed by atoms with Gasteiger partial charge in [0.1, 0.15) is 0 Å². The first-order valence-corrected chi connectivity index (χ1v) is 21.3. The molecule has 0 bridgehead atoms. The molecule has 2 nitrogen and oxygen atoms in total. The molecule has 0 unspecified atom stereocenters. The lowest BCUT2D eigenvalue weighted by Crippen LogP contribution is -2.14. The average Bonchev–Trinajstić information content (AvgIpc) is 3.76. The molecule has 0 aliphatic heterocycles. The predicted molar refractivity (Wildman–Crippen MR) is 259 cm³/mol. The van der Waals surface area contributed by atoms with E-state index in [0.717, 1.165) is 17.1 Å². The zero-order chi connectivity index (χ0) is 40.7. The molecule has 12 rings (SSSR count). The van der Waals surface area contributed by atoms with Crippen molar-refractivity contribution >= 4 is 60.4 Å². The highest BCUT2D eigenvalue weighted by atomic mass is 15.1. The van der Waals surface area contributed by atoms with E-state index in [9.17, 15) is 0 Å². The van der Waals surface area contributed by atoms with Gasteiger partial charge in [-0.3, -0.25) is 0 Å². The molecule has 2 heteroatoms. The molecule has 1 aromatic heterocycles. The second-order valence-corrected chi connectivity index (χ2v) is 17.0. The lowest BCUT2D eigenvalue weighted by Gasteiger charge is -2.26. The maximum absolute atomic E-state index is 2.47. The minimum Gasteiger partial charge on any atom is -0.310 e. The number of nitrogens with zero attached hydrogens (tertiary/aromatic N) is 2. The van der Waals surface area contributed by atoms with Gasteiger partial charge < -0.3 is 9.47 Å². The van der Waals surface area contributed by atoms with Crippen LogP contribution in [0.25, 0.3) is 82.4 Å². The number of rotatable bonds is 6. The van der Waals surface area contributed by atoms with E-state index in [-0.39, 0.29) is 5.41 Å². The lowest BCUT2D eigenvalue weighted by atomic mass is 9.82. The highest BCUT2D eigenvalue weighted by Gasteiger charge is 2.36. The molecule has 1 aliphatic carbocycles. The van der Waals surface area contributed by atoms with Crippen LogP contribution in [0.15, 0.2) is 218 Å². The summed E-state index contributed by atoms with van der Waals surface area (Å²) >= 11 is 0. The van der Waals surface area contributed by atoms with Crippen LogP contribution in [0.1, 0.15) is 25.0 Å². The van der Waals surface area contributed by atoms with Crippen molar-refractivity contribution in [3.8, 4) is 39.1 Å². The molecular weight excluding hydrogens is 737 g/mol. The van der Waals surface area contributed by atoms with E-state index in [2.05, 4.69) is 242 Å². The Morgan fingerprint density at radius 3 is 1.70 bits per heavy atom. The van der Waals surface area contributed by atoms with E-state index < -0.39 is 0 Å². The molecule has 1 aliphatic rings. The number of para-hydroxylation sites is 2. The molecule has 0 radical (unpaired) electrons. The number of aromatic nitrogens is 1. The number of anilines is 3. The Balaban J connectivity index is 0.933. The van der Waals surface area contributed by atoms with Gasteiger partial charge in [0.25, 0.3) is 0 Å². The first-order chi connectivity index (χ1) is 30.0. The number of benzene rings is 10. The van der Waals surface area contributed by atoms with E-state index >= 15 is 0 Å². The van der Waals surface area contributed by atoms with E-state index in [1.54, 1.807) is 0 Å². The Morgan fingerprint density at radius 1 is 0.361 bits per heavy atom. The monoisotopic (exact) mass is 778 g/mol. The van der Waals surface area contributed by atoms with Gasteiger partial charge in [0.2, 0.25) is 0 Å². The van der Waals surface area contributed by atoms with Crippen molar-refractivity contribution in [3.05, 3.63) is 230 Å². The van der Waals surface area contributed by atoms with Gasteiger partial charge in [-0.2, -0.15) is 0 Å². The maximum Gasteiger partial charge on any atom is 0.0547 e. The van der Waals surface area contributed by atoms with Gasteiger partial charge in [-0.05, 0) is 139 Å². The Kier molecular flexibility index (Phi) is 7.92. The summed E-state index contributed by atoms with van der Waals surface area (Å²) in [7, 11) is 0. The van der Waals surface area contributed by atoms with Gasteiger partial charge in [-0.25, -0.2) is 0 Å². The smallest absolute Gasteiger partial charge is 0.0547 e. The van der Waals surface area contributed by atoms with Crippen LogP contribution in [0.3, 0.4) is 0 Å².